The molecule has 0 spiro atoms. The normalized spacial score (nSPS) is 12.1. The molecule has 2 aromatic rings. The van der Waals surface area contributed by atoms with E-state index in [-0.39, 0.29) is 0 Å². The first-order chi connectivity index (χ1) is 10.3. The molecule has 2 rings (SSSR count). The molecule has 0 bridgehead atoms. The molecule has 112 valence electrons. The fraction of sp³-hybridized carbons (Fsp3) is 0.368. The van der Waals surface area contributed by atoms with E-state index in [1.807, 2.05) is 0 Å². The van der Waals surface area contributed by atoms with Gasteiger partial charge in [-0.25, -0.2) is 0 Å². The molecule has 21 heavy (non-hydrogen) atoms. The summed E-state index contributed by atoms with van der Waals surface area (Å²) < 4.78 is 0. The molecule has 0 amide bonds. The molecule has 1 N–H and O–H groups in total. The standard InChI is InChI=1S/C19H26N2/c1-3-19(17-11-7-5-8-12-17)20-15-16-21(4-2)18-13-9-6-10-14-18/h5-14,19-20H,3-4,15-16H2,1-2H3. The maximum atomic E-state index is 3.68. The van der Waals surface area contributed by atoms with Crippen LogP contribution >= 0.6 is 0 Å². The zero-order chi connectivity index (χ0) is 14.9. The summed E-state index contributed by atoms with van der Waals surface area (Å²) >= 11 is 0. The number of rotatable bonds is 8. The topological polar surface area (TPSA) is 15.3 Å². The minimum absolute atomic E-state index is 0.445. The zero-order valence-electron chi connectivity index (χ0n) is 13.1. The number of hydrogen-bond acceptors (Lipinski definition) is 2. The summed E-state index contributed by atoms with van der Waals surface area (Å²) in [5.74, 6) is 0. The van der Waals surface area contributed by atoms with E-state index in [2.05, 4.69) is 84.7 Å². The predicted octanol–water partition coefficient (Wildman–Crippen LogP) is 4.25. The van der Waals surface area contributed by atoms with Gasteiger partial charge < -0.3 is 10.2 Å². The second-order valence-electron chi connectivity index (χ2n) is 5.24. The lowest BCUT2D eigenvalue weighted by Crippen LogP contribution is -2.33. The second kappa shape index (κ2) is 8.48. The van der Waals surface area contributed by atoms with E-state index in [0.29, 0.717) is 6.04 Å². The smallest absolute Gasteiger partial charge is 0.0366 e. The van der Waals surface area contributed by atoms with Crippen LogP contribution in [-0.4, -0.2) is 19.6 Å². The van der Waals surface area contributed by atoms with E-state index in [9.17, 15) is 0 Å². The van der Waals surface area contributed by atoms with Gasteiger partial charge in [-0.2, -0.15) is 0 Å². The Hall–Kier alpha value is -1.80. The second-order valence-corrected chi connectivity index (χ2v) is 5.24. The van der Waals surface area contributed by atoms with Crippen molar-refractivity contribution in [3.8, 4) is 0 Å². The molecule has 1 atom stereocenters. The van der Waals surface area contributed by atoms with Gasteiger partial charge in [-0.05, 0) is 31.0 Å². The molecule has 0 aliphatic rings. The highest BCUT2D eigenvalue weighted by atomic mass is 15.1. The van der Waals surface area contributed by atoms with Crippen LogP contribution in [0.25, 0.3) is 0 Å². The molecular weight excluding hydrogens is 256 g/mol. The Morgan fingerprint density at radius 3 is 2.10 bits per heavy atom. The van der Waals surface area contributed by atoms with Crippen LogP contribution in [0.4, 0.5) is 5.69 Å². The van der Waals surface area contributed by atoms with Crippen molar-refractivity contribution in [1.82, 2.24) is 5.32 Å². The largest absolute Gasteiger partial charge is 0.371 e. The van der Waals surface area contributed by atoms with Gasteiger partial charge in [-0.3, -0.25) is 0 Å². The number of anilines is 1. The Bertz CT molecular complexity index is 448. The van der Waals surface area contributed by atoms with E-state index in [1.165, 1.54) is 11.3 Å². The highest BCUT2D eigenvalue weighted by Gasteiger charge is 2.09. The molecule has 0 radical (unpaired) electrons. The zero-order valence-corrected chi connectivity index (χ0v) is 13.1. The Labute approximate surface area is 128 Å². The van der Waals surface area contributed by atoms with E-state index in [1.54, 1.807) is 0 Å². The highest BCUT2D eigenvalue weighted by Crippen LogP contribution is 2.16. The van der Waals surface area contributed by atoms with Gasteiger partial charge in [0.1, 0.15) is 0 Å². The first-order valence-electron chi connectivity index (χ1n) is 7.93. The highest BCUT2D eigenvalue weighted by molar-refractivity contribution is 5.45. The summed E-state index contributed by atoms with van der Waals surface area (Å²) in [6.45, 7) is 7.51. The van der Waals surface area contributed by atoms with Gasteiger partial charge in [0.05, 0.1) is 0 Å². The van der Waals surface area contributed by atoms with Crippen molar-refractivity contribution in [2.45, 2.75) is 26.3 Å². The fourth-order valence-corrected chi connectivity index (χ4v) is 2.67. The third kappa shape index (κ3) is 4.61. The Kier molecular flexibility index (Phi) is 6.29. The molecule has 0 saturated heterocycles. The van der Waals surface area contributed by atoms with Crippen LogP contribution in [0.2, 0.25) is 0 Å². The van der Waals surface area contributed by atoms with Crippen molar-refractivity contribution < 1.29 is 0 Å². The van der Waals surface area contributed by atoms with Crippen LogP contribution in [-0.2, 0) is 0 Å². The van der Waals surface area contributed by atoms with Gasteiger partial charge in [0.15, 0.2) is 0 Å². The van der Waals surface area contributed by atoms with Crippen molar-refractivity contribution in [2.24, 2.45) is 0 Å². The van der Waals surface area contributed by atoms with E-state index in [4.69, 9.17) is 0 Å². The van der Waals surface area contributed by atoms with Crippen LogP contribution in [0, 0.1) is 0 Å². The SMILES string of the molecule is CCC(NCCN(CC)c1ccccc1)c1ccccc1. The average molecular weight is 282 g/mol. The van der Waals surface area contributed by atoms with Gasteiger partial charge in [-0.15, -0.1) is 0 Å². The molecule has 2 aromatic carbocycles. The van der Waals surface area contributed by atoms with E-state index in [0.717, 1.165) is 26.1 Å². The van der Waals surface area contributed by atoms with Crippen molar-refractivity contribution in [3.05, 3.63) is 66.2 Å². The molecule has 2 nitrogen and oxygen atoms in total. The van der Waals surface area contributed by atoms with Crippen molar-refractivity contribution in [2.75, 3.05) is 24.5 Å². The van der Waals surface area contributed by atoms with Gasteiger partial charge in [0.25, 0.3) is 0 Å². The van der Waals surface area contributed by atoms with Gasteiger partial charge in [-0.1, -0.05) is 55.5 Å². The summed E-state index contributed by atoms with van der Waals surface area (Å²) in [5.41, 5.74) is 2.68. The maximum absolute atomic E-state index is 3.68. The predicted molar refractivity (Wildman–Crippen MR) is 91.8 cm³/mol. The van der Waals surface area contributed by atoms with Gasteiger partial charge in [0.2, 0.25) is 0 Å². The molecule has 0 fully saturated rings. The third-order valence-electron chi connectivity index (χ3n) is 3.89. The number of likely N-dealkylation sites (N-methyl/N-ethyl adjacent to an activating group) is 1. The number of para-hydroxylation sites is 1. The molecular formula is C19H26N2. The first kappa shape index (κ1) is 15.6. The van der Waals surface area contributed by atoms with Crippen LogP contribution < -0.4 is 10.2 Å². The average Bonchev–Trinajstić information content (AvgIpc) is 2.57. The lowest BCUT2D eigenvalue weighted by atomic mass is 10.0. The van der Waals surface area contributed by atoms with Crippen molar-refractivity contribution in [1.29, 1.82) is 0 Å². The Morgan fingerprint density at radius 1 is 0.905 bits per heavy atom. The Balaban J connectivity index is 1.87. The molecule has 0 heterocycles. The van der Waals surface area contributed by atoms with Crippen LogP contribution in [0.1, 0.15) is 31.9 Å². The number of nitrogens with zero attached hydrogens (tertiary/aromatic N) is 1. The van der Waals surface area contributed by atoms with Gasteiger partial charge >= 0.3 is 0 Å². The molecule has 1 unspecified atom stereocenters. The van der Waals surface area contributed by atoms with Gasteiger partial charge in [0, 0.05) is 31.4 Å². The van der Waals surface area contributed by atoms with Crippen molar-refractivity contribution >= 4 is 5.69 Å². The molecule has 0 saturated carbocycles. The third-order valence-corrected chi connectivity index (χ3v) is 3.89. The molecule has 0 aromatic heterocycles. The summed E-state index contributed by atoms with van der Waals surface area (Å²) in [6.07, 6.45) is 1.11. The monoisotopic (exact) mass is 282 g/mol. The minimum Gasteiger partial charge on any atom is -0.371 e. The fourth-order valence-electron chi connectivity index (χ4n) is 2.67. The molecule has 0 aliphatic heterocycles. The van der Waals surface area contributed by atoms with Crippen molar-refractivity contribution in [3.63, 3.8) is 0 Å². The lowest BCUT2D eigenvalue weighted by Gasteiger charge is -2.25. The number of nitrogens with one attached hydrogen (secondary N) is 1. The van der Waals surface area contributed by atoms with Crippen LogP contribution in [0.15, 0.2) is 60.7 Å². The summed E-state index contributed by atoms with van der Waals surface area (Å²) in [6, 6.07) is 21.8. The lowest BCUT2D eigenvalue weighted by molar-refractivity contribution is 0.520. The minimum atomic E-state index is 0.445. The number of hydrogen-bond donors (Lipinski definition) is 1. The quantitative estimate of drug-likeness (QED) is 0.778. The number of benzene rings is 2. The maximum Gasteiger partial charge on any atom is 0.0366 e. The Morgan fingerprint density at radius 2 is 1.52 bits per heavy atom. The van der Waals surface area contributed by atoms with Crippen LogP contribution in [0.3, 0.4) is 0 Å². The van der Waals surface area contributed by atoms with E-state index < -0.39 is 0 Å². The first-order valence-corrected chi connectivity index (χ1v) is 7.93. The summed E-state index contributed by atoms with van der Waals surface area (Å²) in [7, 11) is 0. The van der Waals surface area contributed by atoms with E-state index >= 15 is 0 Å². The molecule has 2 heteroatoms. The summed E-state index contributed by atoms with van der Waals surface area (Å²) in [4.78, 5) is 2.41. The summed E-state index contributed by atoms with van der Waals surface area (Å²) in [5, 5.41) is 3.68. The van der Waals surface area contributed by atoms with Crippen LogP contribution in [0.5, 0.6) is 0 Å². The molecule has 0 aliphatic carbocycles.